The highest BCUT2D eigenvalue weighted by Gasteiger charge is 2.12. The highest BCUT2D eigenvalue weighted by molar-refractivity contribution is 5.66. The van der Waals surface area contributed by atoms with E-state index in [0.717, 1.165) is 31.6 Å². The van der Waals surface area contributed by atoms with Crippen LogP contribution >= 0.6 is 0 Å². The molecular weight excluding hydrogens is 280 g/mol. The van der Waals surface area contributed by atoms with E-state index < -0.39 is 0 Å². The van der Waals surface area contributed by atoms with Crippen LogP contribution in [0, 0.1) is 0 Å². The molecule has 1 heterocycles. The van der Waals surface area contributed by atoms with Crippen LogP contribution in [0.1, 0.15) is 51.8 Å². The molecule has 3 N–H and O–H groups in total. The molecule has 22 heavy (non-hydrogen) atoms. The number of aryl methyl sites for hydroxylation is 1. The first kappa shape index (κ1) is 18.5. The molecular formula is C16H30N4O2. The fourth-order valence-corrected chi connectivity index (χ4v) is 2.05. The van der Waals surface area contributed by atoms with Crippen LogP contribution in [0.2, 0.25) is 0 Å². The van der Waals surface area contributed by atoms with Crippen molar-refractivity contribution in [2.24, 2.45) is 0 Å². The van der Waals surface area contributed by atoms with Crippen molar-refractivity contribution in [2.75, 3.05) is 37.9 Å². The summed E-state index contributed by atoms with van der Waals surface area (Å²) < 4.78 is 10.6. The van der Waals surface area contributed by atoms with Gasteiger partial charge in [-0.25, -0.2) is 4.98 Å². The Balaban J connectivity index is 2.70. The van der Waals surface area contributed by atoms with Crippen molar-refractivity contribution >= 4 is 11.5 Å². The van der Waals surface area contributed by atoms with Crippen LogP contribution in [0.25, 0.3) is 0 Å². The molecule has 0 aromatic carbocycles. The van der Waals surface area contributed by atoms with Crippen molar-refractivity contribution in [3.05, 3.63) is 5.82 Å². The van der Waals surface area contributed by atoms with E-state index in [2.05, 4.69) is 29.1 Å². The van der Waals surface area contributed by atoms with E-state index in [-0.39, 0.29) is 0 Å². The second-order valence-corrected chi connectivity index (χ2v) is 5.29. The number of nitrogen functional groups attached to an aromatic ring is 1. The van der Waals surface area contributed by atoms with Gasteiger partial charge in [0.1, 0.15) is 18.1 Å². The number of anilines is 2. The monoisotopic (exact) mass is 310 g/mol. The van der Waals surface area contributed by atoms with Crippen LogP contribution in [0.3, 0.4) is 0 Å². The van der Waals surface area contributed by atoms with Crippen LogP contribution in [0.15, 0.2) is 0 Å². The Labute approximate surface area is 133 Å². The molecule has 0 fully saturated rings. The Morgan fingerprint density at radius 2 is 1.86 bits per heavy atom. The van der Waals surface area contributed by atoms with Gasteiger partial charge in [0, 0.05) is 20.1 Å². The Bertz CT molecular complexity index is 427. The van der Waals surface area contributed by atoms with Crippen molar-refractivity contribution in [1.82, 2.24) is 9.97 Å². The molecule has 0 aliphatic rings. The largest absolute Gasteiger partial charge is 0.474 e. The Kier molecular flexibility index (Phi) is 9.30. The molecule has 126 valence electrons. The standard InChI is InChI=1S/C16H30N4O2/c1-4-6-7-8-10-18-15-14(17)16(22-12-11-21-3)20-13(19-15)9-5-2/h4-12,17H2,1-3H3,(H,18,19,20). The second kappa shape index (κ2) is 11.1. The lowest BCUT2D eigenvalue weighted by molar-refractivity contribution is 0.144. The van der Waals surface area contributed by atoms with Gasteiger partial charge in [0.2, 0.25) is 5.88 Å². The molecule has 0 aliphatic heterocycles. The molecule has 0 bridgehead atoms. The predicted molar refractivity (Wildman–Crippen MR) is 90.4 cm³/mol. The number of hydrogen-bond acceptors (Lipinski definition) is 6. The smallest absolute Gasteiger partial charge is 0.242 e. The van der Waals surface area contributed by atoms with E-state index in [0.29, 0.717) is 30.6 Å². The minimum Gasteiger partial charge on any atom is -0.474 e. The molecule has 6 heteroatoms. The van der Waals surface area contributed by atoms with Crippen molar-refractivity contribution in [2.45, 2.75) is 52.4 Å². The minimum atomic E-state index is 0.430. The van der Waals surface area contributed by atoms with Crippen LogP contribution in [-0.4, -0.2) is 36.8 Å². The lowest BCUT2D eigenvalue weighted by Gasteiger charge is -2.14. The molecule has 0 saturated heterocycles. The molecule has 6 nitrogen and oxygen atoms in total. The summed E-state index contributed by atoms with van der Waals surface area (Å²) in [6, 6.07) is 0. The fourth-order valence-electron chi connectivity index (χ4n) is 2.05. The van der Waals surface area contributed by atoms with Crippen LogP contribution in [0.5, 0.6) is 5.88 Å². The van der Waals surface area contributed by atoms with Gasteiger partial charge in [-0.3, -0.25) is 0 Å². The molecule has 1 aromatic rings. The summed E-state index contributed by atoms with van der Waals surface area (Å²) in [5.74, 6) is 1.90. The normalized spacial score (nSPS) is 10.7. The Morgan fingerprint density at radius 3 is 2.55 bits per heavy atom. The molecule has 0 radical (unpaired) electrons. The van der Waals surface area contributed by atoms with Crippen LogP contribution in [0.4, 0.5) is 11.5 Å². The number of nitrogens with zero attached hydrogens (tertiary/aromatic N) is 2. The first-order valence-corrected chi connectivity index (χ1v) is 8.24. The highest BCUT2D eigenvalue weighted by atomic mass is 16.5. The number of nitrogens with two attached hydrogens (primary N) is 1. The lowest BCUT2D eigenvalue weighted by atomic mass is 10.2. The summed E-state index contributed by atoms with van der Waals surface area (Å²) in [6.07, 6.45) is 6.61. The van der Waals surface area contributed by atoms with E-state index in [1.54, 1.807) is 7.11 Å². The van der Waals surface area contributed by atoms with Gasteiger partial charge < -0.3 is 20.5 Å². The zero-order valence-electron chi connectivity index (χ0n) is 14.2. The second-order valence-electron chi connectivity index (χ2n) is 5.29. The van der Waals surface area contributed by atoms with Gasteiger partial charge in [0.25, 0.3) is 0 Å². The molecule has 0 amide bonds. The third-order valence-electron chi connectivity index (χ3n) is 3.28. The van der Waals surface area contributed by atoms with Crippen molar-refractivity contribution in [3.8, 4) is 5.88 Å². The molecule has 1 rings (SSSR count). The molecule has 0 atom stereocenters. The zero-order chi connectivity index (χ0) is 16.2. The third kappa shape index (κ3) is 6.47. The van der Waals surface area contributed by atoms with Gasteiger partial charge in [-0.1, -0.05) is 33.1 Å². The third-order valence-corrected chi connectivity index (χ3v) is 3.28. The molecule has 1 aromatic heterocycles. The Hall–Kier alpha value is -1.56. The van der Waals surface area contributed by atoms with Crippen molar-refractivity contribution in [3.63, 3.8) is 0 Å². The van der Waals surface area contributed by atoms with E-state index in [9.17, 15) is 0 Å². The van der Waals surface area contributed by atoms with Gasteiger partial charge in [0.15, 0.2) is 5.82 Å². The SMILES string of the molecule is CCCCCCNc1nc(CCC)nc(OCCOC)c1N. The van der Waals surface area contributed by atoms with Crippen LogP contribution in [-0.2, 0) is 11.2 Å². The highest BCUT2D eigenvalue weighted by Crippen LogP contribution is 2.26. The number of methoxy groups -OCH3 is 1. The van der Waals surface area contributed by atoms with Crippen molar-refractivity contribution < 1.29 is 9.47 Å². The van der Waals surface area contributed by atoms with Gasteiger partial charge in [-0.05, 0) is 12.8 Å². The summed E-state index contributed by atoms with van der Waals surface area (Å²) in [6.45, 7) is 6.11. The van der Waals surface area contributed by atoms with Gasteiger partial charge in [0.05, 0.1) is 6.61 Å². The zero-order valence-corrected chi connectivity index (χ0v) is 14.2. The van der Waals surface area contributed by atoms with E-state index >= 15 is 0 Å². The first-order chi connectivity index (χ1) is 10.7. The molecule has 0 spiro atoms. The average Bonchev–Trinajstić information content (AvgIpc) is 2.51. The summed E-state index contributed by atoms with van der Waals surface area (Å²) in [7, 11) is 1.64. The van der Waals surface area contributed by atoms with Gasteiger partial charge in [-0.2, -0.15) is 4.98 Å². The van der Waals surface area contributed by atoms with Crippen LogP contribution < -0.4 is 15.8 Å². The number of unbranched alkanes of at least 4 members (excludes halogenated alkanes) is 3. The molecule has 0 saturated carbocycles. The molecule has 0 aliphatic carbocycles. The fraction of sp³-hybridized carbons (Fsp3) is 0.750. The maximum absolute atomic E-state index is 6.12. The first-order valence-electron chi connectivity index (χ1n) is 8.24. The maximum atomic E-state index is 6.12. The number of hydrogen-bond donors (Lipinski definition) is 2. The Morgan fingerprint density at radius 1 is 1.05 bits per heavy atom. The molecule has 0 unspecified atom stereocenters. The number of aromatic nitrogens is 2. The number of rotatable bonds is 12. The summed E-state index contributed by atoms with van der Waals surface area (Å²) in [5, 5.41) is 3.31. The summed E-state index contributed by atoms with van der Waals surface area (Å²) in [5.41, 5.74) is 6.60. The van der Waals surface area contributed by atoms with E-state index in [1.807, 2.05) is 0 Å². The van der Waals surface area contributed by atoms with E-state index in [4.69, 9.17) is 15.2 Å². The number of nitrogens with one attached hydrogen (secondary N) is 1. The maximum Gasteiger partial charge on any atom is 0.242 e. The lowest BCUT2D eigenvalue weighted by Crippen LogP contribution is -2.13. The van der Waals surface area contributed by atoms with Gasteiger partial charge >= 0.3 is 0 Å². The predicted octanol–water partition coefficient (Wildman–Crippen LogP) is 3.03. The minimum absolute atomic E-state index is 0.430. The quantitative estimate of drug-likeness (QED) is 0.577. The topological polar surface area (TPSA) is 82.3 Å². The summed E-state index contributed by atoms with van der Waals surface area (Å²) >= 11 is 0. The van der Waals surface area contributed by atoms with Crippen molar-refractivity contribution in [1.29, 1.82) is 0 Å². The average molecular weight is 310 g/mol. The number of ether oxygens (including phenoxy) is 2. The van der Waals surface area contributed by atoms with Gasteiger partial charge in [-0.15, -0.1) is 0 Å². The van der Waals surface area contributed by atoms with E-state index in [1.165, 1.54) is 19.3 Å². The summed E-state index contributed by atoms with van der Waals surface area (Å²) in [4.78, 5) is 8.91.